The van der Waals surface area contributed by atoms with Crippen molar-refractivity contribution in [2.75, 3.05) is 5.32 Å². The highest BCUT2D eigenvalue weighted by atomic mass is 32.1. The maximum atomic E-state index is 10.8. The zero-order chi connectivity index (χ0) is 12.4. The monoisotopic (exact) mass is 253 g/mol. The first-order valence-corrected chi connectivity index (χ1v) is 5.67. The molecule has 0 radical (unpaired) electrons. The fourth-order valence-electron chi connectivity index (χ4n) is 1.29. The molecule has 2 N–H and O–H groups in total. The Morgan fingerprint density at radius 3 is 2.94 bits per heavy atom. The molecule has 2 heterocycles. The Hall–Kier alpha value is -1.96. The number of hydrogen-bond acceptors (Lipinski definition) is 6. The summed E-state index contributed by atoms with van der Waals surface area (Å²) < 4.78 is 1.60. The van der Waals surface area contributed by atoms with Crippen LogP contribution in [0.5, 0.6) is 0 Å². The third kappa shape index (κ3) is 2.59. The topological polar surface area (TPSA) is 92.9 Å². The molecular formula is C9H11N5O2S. The van der Waals surface area contributed by atoms with Gasteiger partial charge in [-0.1, -0.05) is 11.3 Å². The Labute approximate surface area is 101 Å². The van der Waals surface area contributed by atoms with E-state index in [9.17, 15) is 4.79 Å². The van der Waals surface area contributed by atoms with E-state index in [0.717, 1.165) is 11.3 Å². The van der Waals surface area contributed by atoms with Crippen LogP contribution in [-0.4, -0.2) is 30.8 Å². The van der Waals surface area contributed by atoms with E-state index < -0.39 is 5.97 Å². The Bertz CT molecular complexity index is 547. The summed E-state index contributed by atoms with van der Waals surface area (Å²) in [6.07, 6.45) is 1.60. The molecule has 2 rings (SSSR count). The lowest BCUT2D eigenvalue weighted by Gasteiger charge is -1.96. The molecule has 0 saturated heterocycles. The van der Waals surface area contributed by atoms with Gasteiger partial charge >= 0.3 is 5.97 Å². The zero-order valence-electron chi connectivity index (χ0n) is 9.34. The molecule has 0 aromatic carbocycles. The molecule has 0 spiro atoms. The predicted molar refractivity (Wildman–Crippen MR) is 62.1 cm³/mol. The molecule has 8 heteroatoms. The number of nitrogens with zero attached hydrogens (tertiary/aromatic N) is 4. The van der Waals surface area contributed by atoms with Crippen molar-refractivity contribution in [3.8, 4) is 0 Å². The van der Waals surface area contributed by atoms with E-state index in [1.807, 2.05) is 0 Å². The average Bonchev–Trinajstić information content (AvgIpc) is 2.82. The highest BCUT2D eigenvalue weighted by Crippen LogP contribution is 2.22. The number of nitrogens with one attached hydrogen (secondary N) is 1. The third-order valence-corrected chi connectivity index (χ3v) is 3.14. The summed E-state index contributed by atoms with van der Waals surface area (Å²) in [5.41, 5.74) is 0.513. The van der Waals surface area contributed by atoms with Gasteiger partial charge in [-0.3, -0.25) is 4.68 Å². The minimum atomic E-state index is -0.955. The number of thiazole rings is 1. The molecule has 0 bridgehead atoms. The van der Waals surface area contributed by atoms with Gasteiger partial charge in [0.15, 0.2) is 11.0 Å². The van der Waals surface area contributed by atoms with Crippen molar-refractivity contribution in [3.05, 3.63) is 22.7 Å². The Morgan fingerprint density at radius 2 is 2.41 bits per heavy atom. The third-order valence-electron chi connectivity index (χ3n) is 2.04. The van der Waals surface area contributed by atoms with Gasteiger partial charge in [0.1, 0.15) is 11.2 Å². The van der Waals surface area contributed by atoms with Gasteiger partial charge in [0.05, 0.1) is 12.2 Å². The predicted octanol–water partition coefficient (Wildman–Crippen LogP) is 0.890. The first kappa shape index (κ1) is 11.5. The van der Waals surface area contributed by atoms with Crippen molar-refractivity contribution < 1.29 is 9.90 Å². The fraction of sp³-hybridized carbons (Fsp3) is 0.333. The Morgan fingerprint density at radius 1 is 1.65 bits per heavy atom. The standard InChI is InChI=1S/C9H11N5O2S/c1-5-7(8(15)16)17-9(12-5)10-3-6-11-4-14(2)13-6/h4H,3H2,1-2H3,(H,10,12)(H,15,16). The first-order chi connectivity index (χ1) is 8.06. The molecule has 0 saturated carbocycles. The molecule has 0 aliphatic rings. The van der Waals surface area contributed by atoms with Crippen molar-refractivity contribution in [1.29, 1.82) is 0 Å². The zero-order valence-corrected chi connectivity index (χ0v) is 10.2. The second-order valence-corrected chi connectivity index (χ2v) is 4.43. The largest absolute Gasteiger partial charge is 0.477 e. The van der Waals surface area contributed by atoms with Gasteiger partial charge in [-0.2, -0.15) is 5.10 Å². The lowest BCUT2D eigenvalue weighted by Crippen LogP contribution is -2.01. The number of rotatable bonds is 4. The van der Waals surface area contributed by atoms with Gasteiger partial charge in [-0.05, 0) is 6.92 Å². The van der Waals surface area contributed by atoms with Crippen molar-refractivity contribution in [1.82, 2.24) is 19.7 Å². The van der Waals surface area contributed by atoms with Crippen LogP contribution in [-0.2, 0) is 13.6 Å². The smallest absolute Gasteiger partial charge is 0.347 e. The van der Waals surface area contributed by atoms with Crippen molar-refractivity contribution in [2.24, 2.45) is 7.05 Å². The molecule has 0 fully saturated rings. The minimum absolute atomic E-state index is 0.251. The van der Waals surface area contributed by atoms with Crippen molar-refractivity contribution in [3.63, 3.8) is 0 Å². The molecule has 0 aliphatic carbocycles. The summed E-state index contributed by atoms with van der Waals surface area (Å²) in [4.78, 5) is 19.2. The van der Waals surface area contributed by atoms with E-state index in [1.54, 1.807) is 25.0 Å². The SMILES string of the molecule is Cc1nc(NCc2ncn(C)n2)sc1C(=O)O. The van der Waals surface area contributed by atoms with E-state index in [1.165, 1.54) is 0 Å². The van der Waals surface area contributed by atoms with Gasteiger partial charge < -0.3 is 10.4 Å². The van der Waals surface area contributed by atoms with Gasteiger partial charge in [-0.15, -0.1) is 0 Å². The van der Waals surface area contributed by atoms with E-state index in [4.69, 9.17) is 5.11 Å². The van der Waals surface area contributed by atoms with Crippen LogP contribution >= 0.6 is 11.3 Å². The van der Waals surface area contributed by atoms with Crippen LogP contribution < -0.4 is 5.32 Å². The van der Waals surface area contributed by atoms with Crippen LogP contribution in [0.4, 0.5) is 5.13 Å². The van der Waals surface area contributed by atoms with E-state index in [-0.39, 0.29) is 4.88 Å². The molecular weight excluding hydrogens is 242 g/mol. The fourth-order valence-corrected chi connectivity index (χ4v) is 2.09. The number of aryl methyl sites for hydroxylation is 2. The van der Waals surface area contributed by atoms with Crippen LogP contribution in [0.2, 0.25) is 0 Å². The second-order valence-electron chi connectivity index (χ2n) is 3.43. The number of carbonyl (C=O) groups is 1. The lowest BCUT2D eigenvalue weighted by atomic mass is 10.4. The normalized spacial score (nSPS) is 10.5. The molecule has 7 nitrogen and oxygen atoms in total. The number of aromatic carboxylic acids is 1. The lowest BCUT2D eigenvalue weighted by molar-refractivity contribution is 0.0701. The number of hydrogen-bond donors (Lipinski definition) is 2. The van der Waals surface area contributed by atoms with Crippen LogP contribution in [0.25, 0.3) is 0 Å². The minimum Gasteiger partial charge on any atom is -0.477 e. The van der Waals surface area contributed by atoms with Gasteiger partial charge in [-0.25, -0.2) is 14.8 Å². The molecule has 0 unspecified atom stereocenters. The summed E-state index contributed by atoms with van der Waals surface area (Å²) in [6.45, 7) is 2.09. The van der Waals surface area contributed by atoms with Crippen LogP contribution in [0.15, 0.2) is 6.33 Å². The van der Waals surface area contributed by atoms with Crippen molar-refractivity contribution >= 4 is 22.4 Å². The summed E-state index contributed by atoms with van der Waals surface area (Å²) in [5, 5.41) is 16.5. The van der Waals surface area contributed by atoms with Crippen LogP contribution in [0, 0.1) is 6.92 Å². The summed E-state index contributed by atoms with van der Waals surface area (Å²) in [7, 11) is 1.78. The molecule has 90 valence electrons. The summed E-state index contributed by atoms with van der Waals surface area (Å²) in [6, 6.07) is 0. The molecule has 0 aliphatic heterocycles. The van der Waals surface area contributed by atoms with E-state index in [0.29, 0.717) is 23.2 Å². The maximum Gasteiger partial charge on any atom is 0.347 e. The molecule has 0 atom stereocenters. The molecule has 2 aromatic heterocycles. The molecule has 17 heavy (non-hydrogen) atoms. The number of anilines is 1. The highest BCUT2D eigenvalue weighted by Gasteiger charge is 2.13. The number of aromatic nitrogens is 4. The molecule has 2 aromatic rings. The number of carboxylic acids is 1. The molecule has 0 amide bonds. The average molecular weight is 253 g/mol. The highest BCUT2D eigenvalue weighted by molar-refractivity contribution is 7.17. The van der Waals surface area contributed by atoms with Crippen molar-refractivity contribution in [2.45, 2.75) is 13.5 Å². The van der Waals surface area contributed by atoms with Gasteiger partial charge in [0, 0.05) is 7.05 Å². The van der Waals surface area contributed by atoms with Crippen LogP contribution in [0.3, 0.4) is 0 Å². The van der Waals surface area contributed by atoms with Gasteiger partial charge in [0.2, 0.25) is 0 Å². The second kappa shape index (κ2) is 4.50. The van der Waals surface area contributed by atoms with Crippen LogP contribution in [0.1, 0.15) is 21.2 Å². The Kier molecular flexibility index (Phi) is 3.05. The maximum absolute atomic E-state index is 10.8. The number of carboxylic acid groups (broad SMARTS) is 1. The van der Waals surface area contributed by atoms with Gasteiger partial charge in [0.25, 0.3) is 0 Å². The first-order valence-electron chi connectivity index (χ1n) is 4.85. The summed E-state index contributed by atoms with van der Waals surface area (Å²) >= 11 is 1.11. The van der Waals surface area contributed by atoms with E-state index >= 15 is 0 Å². The Balaban J connectivity index is 2.04. The van der Waals surface area contributed by atoms with E-state index in [2.05, 4.69) is 20.4 Å². The quantitative estimate of drug-likeness (QED) is 0.840. The summed E-state index contributed by atoms with van der Waals surface area (Å²) in [5.74, 6) is -0.318.